The van der Waals surface area contributed by atoms with Gasteiger partial charge in [-0.15, -0.1) is 0 Å². The van der Waals surface area contributed by atoms with E-state index in [4.69, 9.17) is 4.74 Å². The van der Waals surface area contributed by atoms with Gasteiger partial charge in [0.2, 0.25) is 0 Å². The van der Waals surface area contributed by atoms with Crippen LogP contribution in [0.4, 0.5) is 0 Å². The minimum Gasteiger partial charge on any atom is -0.487 e. The number of nitrogens with one attached hydrogen (secondary N) is 1. The molecular weight excluding hydrogens is 236 g/mol. The zero-order chi connectivity index (χ0) is 13.7. The summed E-state index contributed by atoms with van der Waals surface area (Å²) < 4.78 is 6.05. The van der Waals surface area contributed by atoms with Crippen LogP contribution in [-0.2, 0) is 0 Å². The van der Waals surface area contributed by atoms with E-state index in [1.807, 2.05) is 0 Å². The van der Waals surface area contributed by atoms with Crippen LogP contribution in [0.15, 0.2) is 18.2 Å². The molecule has 1 aliphatic heterocycles. The van der Waals surface area contributed by atoms with Crippen molar-refractivity contribution in [2.75, 3.05) is 39.3 Å². The molecule has 3 N–H and O–H groups in total. The van der Waals surface area contributed by atoms with Crippen LogP contribution in [0, 0.1) is 6.92 Å². The number of ether oxygens (including phenoxy) is 1. The molecule has 3 heteroatoms. The van der Waals surface area contributed by atoms with Crippen molar-refractivity contribution in [1.29, 1.82) is 0 Å². The van der Waals surface area contributed by atoms with Crippen molar-refractivity contribution < 1.29 is 15.0 Å². The Balaban J connectivity index is 1.89. The first-order chi connectivity index (χ1) is 9.16. The number of piperazine rings is 1. The van der Waals surface area contributed by atoms with E-state index in [1.54, 1.807) is 4.90 Å². The highest BCUT2D eigenvalue weighted by Gasteiger charge is 2.15. The molecule has 0 aliphatic carbocycles. The smallest absolute Gasteiger partial charge is 0.137 e. The van der Waals surface area contributed by atoms with Crippen molar-refractivity contribution >= 4 is 0 Å². The molecule has 2 rings (SSSR count). The van der Waals surface area contributed by atoms with Crippen LogP contribution < -0.4 is 15.0 Å². The molecule has 0 atom stereocenters. The highest BCUT2D eigenvalue weighted by molar-refractivity contribution is 5.39. The second-order valence-electron chi connectivity index (χ2n) is 5.91. The van der Waals surface area contributed by atoms with Gasteiger partial charge in [-0.05, 0) is 30.0 Å². The number of rotatable bonds is 5. The lowest BCUT2D eigenvalue weighted by molar-refractivity contribution is -0.946. The first-order valence-electron chi connectivity index (χ1n) is 7.55. The molecule has 1 heterocycles. The van der Waals surface area contributed by atoms with Gasteiger partial charge in [0, 0.05) is 0 Å². The number of aryl methyl sites for hydroxylation is 1. The quantitative estimate of drug-likeness (QED) is 0.768. The van der Waals surface area contributed by atoms with Crippen molar-refractivity contribution in [2.24, 2.45) is 0 Å². The summed E-state index contributed by atoms with van der Waals surface area (Å²) in [4.78, 5) is 1.68. The number of hydrogen-bond acceptors (Lipinski definition) is 1. The van der Waals surface area contributed by atoms with E-state index < -0.39 is 0 Å². The predicted molar refractivity (Wildman–Crippen MR) is 78.0 cm³/mol. The number of nitrogens with two attached hydrogens (primary N) is 1. The highest BCUT2D eigenvalue weighted by atomic mass is 16.5. The Morgan fingerprint density at radius 2 is 2.00 bits per heavy atom. The molecule has 1 saturated heterocycles. The molecule has 3 nitrogen and oxygen atoms in total. The zero-order valence-corrected chi connectivity index (χ0v) is 12.5. The van der Waals surface area contributed by atoms with Crippen molar-refractivity contribution in [3.8, 4) is 5.75 Å². The molecule has 19 heavy (non-hydrogen) atoms. The molecule has 106 valence electrons. The van der Waals surface area contributed by atoms with Gasteiger partial charge < -0.3 is 15.0 Å². The van der Waals surface area contributed by atoms with Gasteiger partial charge >= 0.3 is 0 Å². The normalized spacial score (nSPS) is 16.8. The third-order valence-corrected chi connectivity index (χ3v) is 3.91. The minimum absolute atomic E-state index is 0.521. The molecule has 0 radical (unpaired) electrons. The second-order valence-corrected chi connectivity index (χ2v) is 5.91. The second kappa shape index (κ2) is 6.92. The SMILES string of the molecule is Cc1ccc(C(C)C)c(OCC[NH+]2CC[NH2+]CC2)c1. The van der Waals surface area contributed by atoms with E-state index in [0.29, 0.717) is 5.92 Å². The predicted octanol–water partition coefficient (Wildman–Crippen LogP) is -0.0409. The van der Waals surface area contributed by atoms with Gasteiger partial charge in [-0.25, -0.2) is 0 Å². The van der Waals surface area contributed by atoms with Crippen LogP contribution in [-0.4, -0.2) is 39.3 Å². The Kier molecular flexibility index (Phi) is 5.23. The van der Waals surface area contributed by atoms with Crippen LogP contribution >= 0.6 is 0 Å². The molecule has 1 fully saturated rings. The van der Waals surface area contributed by atoms with Crippen molar-refractivity contribution in [3.63, 3.8) is 0 Å². The molecular formula is C16H28N2O+2. The third-order valence-electron chi connectivity index (χ3n) is 3.91. The zero-order valence-electron chi connectivity index (χ0n) is 12.5. The molecule has 0 aromatic heterocycles. The first-order valence-corrected chi connectivity index (χ1v) is 7.55. The summed E-state index contributed by atoms with van der Waals surface area (Å²) in [6.45, 7) is 13.6. The summed E-state index contributed by atoms with van der Waals surface area (Å²) in [5.41, 5.74) is 2.60. The van der Waals surface area contributed by atoms with Gasteiger partial charge in [0.15, 0.2) is 0 Å². The molecule has 0 saturated carbocycles. The topological polar surface area (TPSA) is 30.3 Å². The first kappa shape index (κ1) is 14.4. The van der Waals surface area contributed by atoms with Gasteiger partial charge in [-0.2, -0.15) is 0 Å². The molecule has 1 aliphatic rings. The average molecular weight is 264 g/mol. The van der Waals surface area contributed by atoms with Crippen molar-refractivity contribution in [1.82, 2.24) is 0 Å². The van der Waals surface area contributed by atoms with E-state index >= 15 is 0 Å². The summed E-state index contributed by atoms with van der Waals surface area (Å²) in [6.07, 6.45) is 0. The Hall–Kier alpha value is -1.06. The van der Waals surface area contributed by atoms with Gasteiger partial charge in [0.1, 0.15) is 45.1 Å². The summed E-state index contributed by atoms with van der Waals surface area (Å²) >= 11 is 0. The molecule has 0 bridgehead atoms. The lowest BCUT2D eigenvalue weighted by atomic mass is 10.0. The van der Waals surface area contributed by atoms with Gasteiger partial charge in [0.05, 0.1) is 0 Å². The molecule has 0 amide bonds. The molecule has 0 unspecified atom stereocenters. The fourth-order valence-electron chi connectivity index (χ4n) is 2.68. The number of hydrogen-bond donors (Lipinski definition) is 2. The standard InChI is InChI=1S/C16H26N2O/c1-13(2)15-5-4-14(3)12-16(15)19-11-10-18-8-6-17-7-9-18/h4-5,12-13,17H,6-11H2,1-3H3/p+2. The Morgan fingerprint density at radius 1 is 1.26 bits per heavy atom. The van der Waals surface area contributed by atoms with Crippen molar-refractivity contribution in [2.45, 2.75) is 26.7 Å². The van der Waals surface area contributed by atoms with Crippen LogP contribution in [0.25, 0.3) is 0 Å². The van der Waals surface area contributed by atoms with Crippen molar-refractivity contribution in [3.05, 3.63) is 29.3 Å². The third kappa shape index (κ3) is 4.22. The van der Waals surface area contributed by atoms with Gasteiger partial charge in [-0.3, -0.25) is 0 Å². The maximum atomic E-state index is 6.05. The van der Waals surface area contributed by atoms with Crippen LogP contribution in [0.1, 0.15) is 30.9 Å². The van der Waals surface area contributed by atoms with E-state index in [-0.39, 0.29) is 0 Å². The number of quaternary nitrogens is 2. The minimum atomic E-state index is 0.521. The van der Waals surface area contributed by atoms with Gasteiger partial charge in [-0.1, -0.05) is 26.0 Å². The Bertz CT molecular complexity index is 398. The van der Waals surface area contributed by atoms with Crippen LogP contribution in [0.2, 0.25) is 0 Å². The van der Waals surface area contributed by atoms with E-state index in [1.165, 1.54) is 37.3 Å². The molecule has 1 aromatic rings. The van der Waals surface area contributed by atoms with Crippen LogP contribution in [0.3, 0.4) is 0 Å². The summed E-state index contributed by atoms with van der Waals surface area (Å²) in [6, 6.07) is 6.56. The maximum Gasteiger partial charge on any atom is 0.137 e. The van der Waals surface area contributed by atoms with E-state index in [0.717, 1.165) is 18.9 Å². The lowest BCUT2D eigenvalue weighted by Gasteiger charge is -2.22. The fourth-order valence-corrected chi connectivity index (χ4v) is 2.68. The Morgan fingerprint density at radius 3 is 2.68 bits per heavy atom. The Labute approximate surface area is 116 Å². The molecule has 1 aromatic carbocycles. The summed E-state index contributed by atoms with van der Waals surface area (Å²) in [5.74, 6) is 1.60. The monoisotopic (exact) mass is 264 g/mol. The van der Waals surface area contributed by atoms with Crippen LogP contribution in [0.5, 0.6) is 5.75 Å². The highest BCUT2D eigenvalue weighted by Crippen LogP contribution is 2.27. The van der Waals surface area contributed by atoms with Gasteiger partial charge in [0.25, 0.3) is 0 Å². The fraction of sp³-hybridized carbons (Fsp3) is 0.625. The summed E-state index contributed by atoms with van der Waals surface area (Å²) in [7, 11) is 0. The van der Waals surface area contributed by atoms with E-state index in [9.17, 15) is 0 Å². The average Bonchev–Trinajstić information content (AvgIpc) is 2.39. The largest absolute Gasteiger partial charge is 0.487 e. The molecule has 0 spiro atoms. The maximum absolute atomic E-state index is 6.05. The number of benzene rings is 1. The summed E-state index contributed by atoms with van der Waals surface area (Å²) in [5, 5.41) is 2.40. The van der Waals surface area contributed by atoms with E-state index in [2.05, 4.69) is 44.3 Å². The lowest BCUT2D eigenvalue weighted by Crippen LogP contribution is -3.20.